The number of pyridine rings is 1. The normalized spacial score (nSPS) is 20.0. The number of carbonyl (C=O) groups excluding carboxylic acids is 1. The molecule has 1 aromatic carbocycles. The van der Waals surface area contributed by atoms with E-state index in [0.29, 0.717) is 38.3 Å². The number of aromatic nitrogens is 4. The van der Waals surface area contributed by atoms with Crippen LogP contribution in [0, 0.1) is 0 Å². The van der Waals surface area contributed by atoms with Gasteiger partial charge in [-0.2, -0.15) is 4.37 Å². The number of carbonyl (C=O) groups is 1. The van der Waals surface area contributed by atoms with Crippen LogP contribution in [0.25, 0.3) is 21.0 Å². The highest BCUT2D eigenvalue weighted by molar-refractivity contribution is 7.14. The van der Waals surface area contributed by atoms with E-state index >= 15 is 0 Å². The molecule has 1 saturated heterocycles. The van der Waals surface area contributed by atoms with E-state index in [1.807, 2.05) is 0 Å². The van der Waals surface area contributed by atoms with Crippen molar-refractivity contribution in [2.75, 3.05) is 23.8 Å². The van der Waals surface area contributed by atoms with E-state index in [-0.39, 0.29) is 19.0 Å². The maximum absolute atomic E-state index is 13.5. The number of aliphatic hydroxyl groups is 2. The maximum atomic E-state index is 13.5. The van der Waals surface area contributed by atoms with Crippen molar-refractivity contribution in [3.05, 3.63) is 52.2 Å². The molecule has 0 spiro atoms. The Morgan fingerprint density at radius 1 is 1.26 bits per heavy atom. The Morgan fingerprint density at radius 3 is 2.77 bits per heavy atom. The molecule has 1 fully saturated rings. The number of fused-ring (bicyclic) bond motifs is 3. The number of H-pyrrole nitrogens is 1. The van der Waals surface area contributed by atoms with Gasteiger partial charge in [-0.15, -0.1) is 0 Å². The largest absolute Gasteiger partial charge is 0.384 e. The highest BCUT2D eigenvalue weighted by Crippen LogP contribution is 2.35. The molecule has 12 heteroatoms. The Labute approximate surface area is 203 Å². The number of anilines is 2. The molecule has 3 aromatic heterocycles. The average Bonchev–Trinajstić information content (AvgIpc) is 3.20. The summed E-state index contributed by atoms with van der Waals surface area (Å²) in [4.78, 5) is 39.4. The molecule has 1 aliphatic heterocycles. The molecule has 5 N–H and O–H groups in total. The lowest BCUT2D eigenvalue weighted by Gasteiger charge is -2.41. The first-order valence-electron chi connectivity index (χ1n) is 10.9. The predicted octanol–water partition coefficient (Wildman–Crippen LogP) is 1.59. The monoisotopic (exact) mass is 496 g/mol. The molecule has 0 saturated carbocycles. The van der Waals surface area contributed by atoms with Gasteiger partial charge in [-0.3, -0.25) is 14.5 Å². The van der Waals surface area contributed by atoms with Crippen LogP contribution in [0.1, 0.15) is 38.4 Å². The SMILES string of the molecule is CC(C)(O)c1cccc(N2CCO[C@](C)([C@@H](O)c3nc4ccc5c(N)nsc5c4c(=O)[nH]3)C2=O)n1. The molecule has 2 atom stereocenters. The highest BCUT2D eigenvalue weighted by Gasteiger charge is 2.49. The molecule has 4 aromatic rings. The first kappa shape index (κ1) is 23.3. The zero-order valence-corrected chi connectivity index (χ0v) is 20.1. The third kappa shape index (κ3) is 3.74. The number of nitrogens with zero attached hydrogens (tertiary/aromatic N) is 4. The number of hydrogen-bond donors (Lipinski definition) is 4. The van der Waals surface area contributed by atoms with Crippen molar-refractivity contribution < 1.29 is 19.7 Å². The van der Waals surface area contributed by atoms with Crippen LogP contribution in [0.15, 0.2) is 35.1 Å². The predicted molar refractivity (Wildman–Crippen MR) is 131 cm³/mol. The number of morpholine rings is 1. The lowest BCUT2D eigenvalue weighted by Crippen LogP contribution is -2.58. The number of benzene rings is 1. The van der Waals surface area contributed by atoms with Crippen LogP contribution in [0.2, 0.25) is 0 Å². The van der Waals surface area contributed by atoms with Crippen LogP contribution in [-0.2, 0) is 15.1 Å². The molecular formula is C23H24N6O5S. The number of hydrogen-bond acceptors (Lipinski definition) is 10. The summed E-state index contributed by atoms with van der Waals surface area (Å²) in [6.45, 7) is 4.97. The fourth-order valence-corrected chi connectivity index (χ4v) is 5.01. The lowest BCUT2D eigenvalue weighted by molar-refractivity contribution is -0.167. The smallest absolute Gasteiger partial charge is 0.263 e. The second-order valence-corrected chi connectivity index (χ2v) is 9.88. The number of nitrogen functional groups attached to an aromatic ring is 1. The van der Waals surface area contributed by atoms with Crippen molar-refractivity contribution in [3.63, 3.8) is 0 Å². The minimum atomic E-state index is -1.74. The quantitative estimate of drug-likeness (QED) is 0.328. The Balaban J connectivity index is 1.53. The van der Waals surface area contributed by atoms with Crippen LogP contribution < -0.4 is 16.2 Å². The number of aromatic amines is 1. The lowest BCUT2D eigenvalue weighted by atomic mass is 9.94. The number of nitrogens with two attached hydrogens (primary N) is 1. The van der Waals surface area contributed by atoms with Gasteiger partial charge in [0.05, 0.1) is 34.4 Å². The Bertz CT molecular complexity index is 1530. The van der Waals surface area contributed by atoms with Gasteiger partial charge >= 0.3 is 0 Å². The van der Waals surface area contributed by atoms with Crippen molar-refractivity contribution in [2.45, 2.75) is 38.1 Å². The summed E-state index contributed by atoms with van der Waals surface area (Å²) in [5.74, 6) is -0.00622. The Kier molecular flexibility index (Phi) is 5.36. The van der Waals surface area contributed by atoms with Gasteiger partial charge in [0.15, 0.2) is 5.60 Å². The summed E-state index contributed by atoms with van der Waals surface area (Å²) in [5.41, 5.74) is 3.17. The molecule has 0 unspecified atom stereocenters. The minimum Gasteiger partial charge on any atom is -0.384 e. The van der Waals surface area contributed by atoms with Crippen molar-refractivity contribution in [3.8, 4) is 0 Å². The number of amides is 1. The number of rotatable bonds is 4. The fourth-order valence-electron chi connectivity index (χ4n) is 4.16. The third-order valence-electron chi connectivity index (χ3n) is 6.16. The second-order valence-electron chi connectivity index (χ2n) is 9.11. The second kappa shape index (κ2) is 8.05. The van der Waals surface area contributed by atoms with E-state index in [0.717, 1.165) is 11.5 Å². The van der Waals surface area contributed by atoms with E-state index in [2.05, 4.69) is 19.3 Å². The zero-order chi connectivity index (χ0) is 25.1. The Hall–Kier alpha value is -3.45. The summed E-state index contributed by atoms with van der Waals surface area (Å²) in [6, 6.07) is 8.35. The van der Waals surface area contributed by atoms with E-state index < -0.39 is 28.8 Å². The molecule has 1 amide bonds. The molecule has 4 heterocycles. The summed E-state index contributed by atoms with van der Waals surface area (Å²) in [6.07, 6.45) is -1.57. The molecule has 11 nitrogen and oxygen atoms in total. The summed E-state index contributed by atoms with van der Waals surface area (Å²) < 4.78 is 10.5. The van der Waals surface area contributed by atoms with Gasteiger partial charge < -0.3 is 25.7 Å². The molecule has 0 aliphatic carbocycles. The van der Waals surface area contributed by atoms with Crippen LogP contribution >= 0.6 is 11.5 Å². The van der Waals surface area contributed by atoms with Gasteiger partial charge in [0.25, 0.3) is 11.5 Å². The molecule has 0 bridgehead atoms. The molecule has 1 aliphatic rings. The van der Waals surface area contributed by atoms with Crippen LogP contribution in [-0.4, -0.2) is 54.2 Å². The summed E-state index contributed by atoms with van der Waals surface area (Å²) >= 11 is 1.09. The molecular weight excluding hydrogens is 472 g/mol. The number of nitrogens with one attached hydrogen (secondary N) is 1. The molecule has 182 valence electrons. The molecule has 35 heavy (non-hydrogen) atoms. The number of aliphatic hydroxyl groups excluding tert-OH is 1. The number of ether oxygens (including phenoxy) is 1. The average molecular weight is 497 g/mol. The topological polar surface area (TPSA) is 168 Å². The van der Waals surface area contributed by atoms with Crippen molar-refractivity contribution >= 4 is 50.1 Å². The van der Waals surface area contributed by atoms with Crippen LogP contribution in [0.4, 0.5) is 11.6 Å². The van der Waals surface area contributed by atoms with Crippen molar-refractivity contribution in [2.24, 2.45) is 0 Å². The Morgan fingerprint density at radius 2 is 2.03 bits per heavy atom. The van der Waals surface area contributed by atoms with Gasteiger partial charge in [-0.05, 0) is 56.6 Å². The van der Waals surface area contributed by atoms with Gasteiger partial charge in [-0.1, -0.05) is 6.07 Å². The maximum Gasteiger partial charge on any atom is 0.263 e. The van der Waals surface area contributed by atoms with Crippen LogP contribution in [0.3, 0.4) is 0 Å². The summed E-state index contributed by atoms with van der Waals surface area (Å²) in [5, 5.41) is 22.5. The standard InChI is InChI=1S/C23H24N6O5S/c1-22(2,33)13-5-4-6-14(26-13)29-9-10-34-23(3,21(29)32)17(30)19-25-12-8-7-11-16(35-28-18(11)24)15(12)20(31)27-19/h4-8,17,30,33H,9-10H2,1-3H3,(H2,24,28)(H,25,27,31)/t17-,23+/m0/s1. The van der Waals surface area contributed by atoms with E-state index in [1.54, 1.807) is 44.2 Å². The van der Waals surface area contributed by atoms with E-state index in [1.165, 1.54) is 11.8 Å². The van der Waals surface area contributed by atoms with Gasteiger partial charge in [-0.25, -0.2) is 9.97 Å². The van der Waals surface area contributed by atoms with Crippen LogP contribution in [0.5, 0.6) is 0 Å². The minimum absolute atomic E-state index is 0.102. The third-order valence-corrected chi connectivity index (χ3v) is 7.06. The van der Waals surface area contributed by atoms with E-state index in [9.17, 15) is 19.8 Å². The van der Waals surface area contributed by atoms with Gasteiger partial charge in [0.2, 0.25) is 0 Å². The first-order valence-corrected chi connectivity index (χ1v) is 11.7. The van der Waals surface area contributed by atoms with Gasteiger partial charge in [0.1, 0.15) is 29.2 Å². The fraction of sp³-hybridized carbons (Fsp3) is 0.348. The summed E-state index contributed by atoms with van der Waals surface area (Å²) in [7, 11) is 0. The van der Waals surface area contributed by atoms with Gasteiger partial charge in [0, 0.05) is 5.39 Å². The highest BCUT2D eigenvalue weighted by atomic mass is 32.1. The van der Waals surface area contributed by atoms with Crippen molar-refractivity contribution in [1.29, 1.82) is 0 Å². The molecule has 5 rings (SSSR count). The van der Waals surface area contributed by atoms with Crippen molar-refractivity contribution in [1.82, 2.24) is 19.3 Å². The first-order chi connectivity index (χ1) is 16.5. The zero-order valence-electron chi connectivity index (χ0n) is 19.3. The molecule has 0 radical (unpaired) electrons. The van der Waals surface area contributed by atoms with E-state index in [4.69, 9.17) is 10.5 Å².